The predicted octanol–water partition coefficient (Wildman–Crippen LogP) is 1.41. The quantitative estimate of drug-likeness (QED) is 0.848. The van der Waals surface area contributed by atoms with Gasteiger partial charge in [-0.05, 0) is 40.2 Å². The van der Waals surface area contributed by atoms with Gasteiger partial charge in [0.15, 0.2) is 0 Å². The molecule has 6 nitrogen and oxygen atoms in total. The minimum absolute atomic E-state index is 0.402. The average molecular weight is 255 g/mol. The van der Waals surface area contributed by atoms with Gasteiger partial charge in [-0.15, -0.1) is 5.10 Å². The molecule has 0 unspecified atom stereocenters. The number of tetrazole rings is 1. The van der Waals surface area contributed by atoms with Crippen molar-refractivity contribution in [1.82, 2.24) is 25.6 Å². The van der Waals surface area contributed by atoms with Crippen molar-refractivity contribution < 1.29 is 0 Å². The van der Waals surface area contributed by atoms with Gasteiger partial charge in [-0.2, -0.15) is 5.21 Å². The maximum absolute atomic E-state index is 4.27. The molecule has 2 aromatic heterocycles. The SMILES string of the molecule is Cc1nc(Nc2nn[nH]n2)ccc1Br. The van der Waals surface area contributed by atoms with Crippen LogP contribution in [0.4, 0.5) is 11.8 Å². The first kappa shape index (κ1) is 9.07. The molecule has 2 rings (SSSR count). The summed E-state index contributed by atoms with van der Waals surface area (Å²) in [5.41, 5.74) is 0.901. The second kappa shape index (κ2) is 3.70. The summed E-state index contributed by atoms with van der Waals surface area (Å²) >= 11 is 3.37. The molecule has 0 aliphatic heterocycles. The number of anilines is 2. The molecule has 0 saturated heterocycles. The highest BCUT2D eigenvalue weighted by Gasteiger charge is 2.01. The van der Waals surface area contributed by atoms with E-state index in [1.165, 1.54) is 0 Å². The van der Waals surface area contributed by atoms with Gasteiger partial charge >= 0.3 is 0 Å². The number of nitrogens with one attached hydrogen (secondary N) is 2. The standard InChI is InChI=1S/C7H7BrN6/c1-4-5(8)2-3-6(9-4)10-7-11-13-14-12-7/h2-3H,1H3,(H2,9,10,11,12,13,14). The molecule has 0 saturated carbocycles. The molecule has 2 aromatic rings. The van der Waals surface area contributed by atoms with Crippen molar-refractivity contribution in [2.75, 3.05) is 5.32 Å². The van der Waals surface area contributed by atoms with Crippen LogP contribution in [0.15, 0.2) is 16.6 Å². The Labute approximate surface area is 88.3 Å². The van der Waals surface area contributed by atoms with Crippen LogP contribution >= 0.6 is 15.9 Å². The van der Waals surface area contributed by atoms with Crippen LogP contribution in [0.5, 0.6) is 0 Å². The fourth-order valence-electron chi connectivity index (χ4n) is 0.943. The van der Waals surface area contributed by atoms with Crippen molar-refractivity contribution in [2.24, 2.45) is 0 Å². The molecule has 2 N–H and O–H groups in total. The van der Waals surface area contributed by atoms with Crippen molar-refractivity contribution in [3.63, 3.8) is 0 Å². The number of pyridine rings is 1. The number of aromatic nitrogens is 5. The average Bonchev–Trinajstić information content (AvgIpc) is 2.64. The van der Waals surface area contributed by atoms with Gasteiger partial charge in [0.1, 0.15) is 5.82 Å². The van der Waals surface area contributed by atoms with Crippen LogP contribution in [-0.2, 0) is 0 Å². The molecule has 0 aliphatic carbocycles. The highest BCUT2D eigenvalue weighted by Crippen LogP contribution is 2.17. The zero-order valence-electron chi connectivity index (χ0n) is 7.32. The van der Waals surface area contributed by atoms with Crippen LogP contribution in [0.2, 0.25) is 0 Å². The van der Waals surface area contributed by atoms with Crippen LogP contribution in [0.1, 0.15) is 5.69 Å². The monoisotopic (exact) mass is 254 g/mol. The van der Waals surface area contributed by atoms with E-state index in [4.69, 9.17) is 0 Å². The van der Waals surface area contributed by atoms with E-state index in [1.54, 1.807) is 0 Å². The van der Waals surface area contributed by atoms with Crippen LogP contribution in [0.25, 0.3) is 0 Å². The molecule has 0 atom stereocenters. The number of H-pyrrole nitrogens is 1. The lowest BCUT2D eigenvalue weighted by atomic mass is 10.4. The summed E-state index contributed by atoms with van der Waals surface area (Å²) < 4.78 is 0.969. The van der Waals surface area contributed by atoms with Crippen LogP contribution < -0.4 is 5.32 Å². The summed E-state index contributed by atoms with van der Waals surface area (Å²) in [6.07, 6.45) is 0. The molecule has 0 aliphatic rings. The number of aromatic amines is 1. The van der Waals surface area contributed by atoms with Crippen molar-refractivity contribution >= 4 is 27.7 Å². The maximum atomic E-state index is 4.27. The third-order valence-electron chi connectivity index (χ3n) is 1.61. The molecule has 0 amide bonds. The zero-order chi connectivity index (χ0) is 9.97. The van der Waals surface area contributed by atoms with Crippen LogP contribution in [0, 0.1) is 6.92 Å². The van der Waals surface area contributed by atoms with E-state index in [9.17, 15) is 0 Å². The number of halogens is 1. The van der Waals surface area contributed by atoms with Crippen molar-refractivity contribution in [2.45, 2.75) is 6.92 Å². The summed E-state index contributed by atoms with van der Waals surface area (Å²) in [7, 11) is 0. The van der Waals surface area contributed by atoms with E-state index >= 15 is 0 Å². The third-order valence-corrected chi connectivity index (χ3v) is 2.44. The molecule has 72 valence electrons. The van der Waals surface area contributed by atoms with Gasteiger partial charge in [0, 0.05) is 4.47 Å². The topological polar surface area (TPSA) is 79.4 Å². The Morgan fingerprint density at radius 2 is 2.29 bits per heavy atom. The Bertz CT molecular complexity index is 426. The molecule has 7 heteroatoms. The molecule has 0 bridgehead atoms. The van der Waals surface area contributed by atoms with Crippen LogP contribution in [0.3, 0.4) is 0 Å². The number of hydrogen-bond acceptors (Lipinski definition) is 5. The normalized spacial score (nSPS) is 10.1. The van der Waals surface area contributed by atoms with Gasteiger partial charge in [0.2, 0.25) is 0 Å². The van der Waals surface area contributed by atoms with E-state index in [2.05, 4.69) is 46.9 Å². The molecule has 0 fully saturated rings. The zero-order valence-corrected chi connectivity index (χ0v) is 8.91. The minimum Gasteiger partial charge on any atom is -0.306 e. The minimum atomic E-state index is 0.402. The first-order chi connectivity index (χ1) is 6.75. The smallest absolute Gasteiger partial charge is 0.268 e. The van der Waals surface area contributed by atoms with Crippen molar-refractivity contribution in [3.8, 4) is 0 Å². The number of nitrogens with zero attached hydrogens (tertiary/aromatic N) is 4. The van der Waals surface area contributed by atoms with Crippen molar-refractivity contribution in [1.29, 1.82) is 0 Å². The summed E-state index contributed by atoms with van der Waals surface area (Å²) in [5.74, 6) is 1.09. The van der Waals surface area contributed by atoms with E-state index < -0.39 is 0 Å². The highest BCUT2D eigenvalue weighted by atomic mass is 79.9. The fraction of sp³-hybridized carbons (Fsp3) is 0.143. The van der Waals surface area contributed by atoms with Gasteiger partial charge in [-0.3, -0.25) is 0 Å². The van der Waals surface area contributed by atoms with Gasteiger partial charge in [0.25, 0.3) is 5.95 Å². The molecular weight excluding hydrogens is 248 g/mol. The summed E-state index contributed by atoms with van der Waals surface area (Å²) in [6, 6.07) is 3.73. The Balaban J connectivity index is 2.22. The third kappa shape index (κ3) is 1.87. The van der Waals surface area contributed by atoms with Gasteiger partial charge in [-0.1, -0.05) is 5.10 Å². The Morgan fingerprint density at radius 1 is 1.43 bits per heavy atom. The largest absolute Gasteiger partial charge is 0.306 e. The van der Waals surface area contributed by atoms with E-state index in [-0.39, 0.29) is 0 Å². The lowest BCUT2D eigenvalue weighted by Crippen LogP contribution is -1.96. The number of hydrogen-bond donors (Lipinski definition) is 2. The summed E-state index contributed by atoms with van der Waals surface area (Å²) in [4.78, 5) is 4.27. The van der Waals surface area contributed by atoms with Gasteiger partial charge in [0.05, 0.1) is 5.69 Å². The molecule has 0 spiro atoms. The molecular formula is C7H7BrN6. The van der Waals surface area contributed by atoms with E-state index in [0.29, 0.717) is 11.8 Å². The van der Waals surface area contributed by atoms with E-state index in [1.807, 2.05) is 19.1 Å². The van der Waals surface area contributed by atoms with Gasteiger partial charge < -0.3 is 5.32 Å². The number of rotatable bonds is 2. The first-order valence-electron chi connectivity index (χ1n) is 3.89. The van der Waals surface area contributed by atoms with Gasteiger partial charge in [-0.25, -0.2) is 4.98 Å². The molecule has 0 radical (unpaired) electrons. The summed E-state index contributed by atoms with van der Waals surface area (Å²) in [6.45, 7) is 1.91. The Morgan fingerprint density at radius 3 is 2.93 bits per heavy atom. The first-order valence-corrected chi connectivity index (χ1v) is 4.68. The highest BCUT2D eigenvalue weighted by molar-refractivity contribution is 9.10. The van der Waals surface area contributed by atoms with Crippen molar-refractivity contribution in [3.05, 3.63) is 22.3 Å². The maximum Gasteiger partial charge on any atom is 0.268 e. The van der Waals surface area contributed by atoms with E-state index in [0.717, 1.165) is 10.2 Å². The molecule has 14 heavy (non-hydrogen) atoms. The lowest BCUT2D eigenvalue weighted by molar-refractivity contribution is 0.881. The van der Waals surface area contributed by atoms with Crippen LogP contribution in [-0.4, -0.2) is 25.6 Å². The number of aryl methyl sites for hydroxylation is 1. The predicted molar refractivity (Wildman–Crippen MR) is 54.1 cm³/mol. The Hall–Kier alpha value is -1.50. The lowest BCUT2D eigenvalue weighted by Gasteiger charge is -2.02. The second-order valence-corrected chi connectivity index (χ2v) is 3.48. The molecule has 0 aromatic carbocycles. The Kier molecular flexibility index (Phi) is 2.40. The molecule has 2 heterocycles. The summed E-state index contributed by atoms with van der Waals surface area (Å²) in [5, 5.41) is 16.2. The second-order valence-electron chi connectivity index (χ2n) is 2.62. The fourth-order valence-corrected chi connectivity index (χ4v) is 1.16.